The van der Waals surface area contributed by atoms with Gasteiger partial charge < -0.3 is 19.7 Å². The summed E-state index contributed by atoms with van der Waals surface area (Å²) in [5, 5.41) is 2.65. The molecule has 1 aliphatic heterocycles. The van der Waals surface area contributed by atoms with Gasteiger partial charge in [0.05, 0.1) is 13.2 Å². The van der Waals surface area contributed by atoms with Crippen LogP contribution in [0, 0.1) is 0 Å². The van der Waals surface area contributed by atoms with E-state index in [2.05, 4.69) is 5.32 Å². The first-order chi connectivity index (χ1) is 10.2. The number of amides is 2. The van der Waals surface area contributed by atoms with Gasteiger partial charge in [-0.25, -0.2) is 0 Å². The highest BCUT2D eigenvalue weighted by atomic mass is 16.5. The Morgan fingerprint density at radius 2 is 1.95 bits per heavy atom. The molecule has 0 spiro atoms. The highest BCUT2D eigenvalue weighted by Gasteiger charge is 2.23. The fraction of sp³-hybridized carbons (Fsp3) is 0.467. The molecular weight excluding hydrogens is 272 g/mol. The summed E-state index contributed by atoms with van der Waals surface area (Å²) in [5.74, 6) is 0.221. The highest BCUT2D eigenvalue weighted by Crippen LogP contribution is 2.07. The maximum Gasteiger partial charge on any atom is 0.258 e. The smallest absolute Gasteiger partial charge is 0.258 e. The molecule has 1 aromatic carbocycles. The van der Waals surface area contributed by atoms with Gasteiger partial charge in [-0.2, -0.15) is 0 Å². The van der Waals surface area contributed by atoms with Gasteiger partial charge in [-0.15, -0.1) is 0 Å². The Kier molecular flexibility index (Phi) is 5.57. The van der Waals surface area contributed by atoms with Crippen molar-refractivity contribution in [3.8, 4) is 5.75 Å². The number of carbonyl (C=O) groups excluding carboxylic acids is 2. The van der Waals surface area contributed by atoms with Crippen molar-refractivity contribution in [2.24, 2.45) is 0 Å². The normalized spacial score (nSPS) is 16.1. The molecule has 1 atom stereocenters. The van der Waals surface area contributed by atoms with Gasteiger partial charge in [0.2, 0.25) is 5.91 Å². The molecule has 1 heterocycles. The van der Waals surface area contributed by atoms with Crippen LogP contribution in [0.15, 0.2) is 30.3 Å². The first-order valence-corrected chi connectivity index (χ1v) is 7.00. The number of morpholine rings is 1. The van der Waals surface area contributed by atoms with Gasteiger partial charge in [0.1, 0.15) is 11.8 Å². The van der Waals surface area contributed by atoms with Crippen LogP contribution in [-0.2, 0) is 14.3 Å². The van der Waals surface area contributed by atoms with Crippen LogP contribution in [0.1, 0.15) is 6.92 Å². The van der Waals surface area contributed by atoms with Gasteiger partial charge in [0.15, 0.2) is 6.61 Å². The SMILES string of the molecule is CC(NC(=O)COc1ccccc1)C(=O)N1CCOCC1. The number of nitrogens with one attached hydrogen (secondary N) is 1. The van der Waals surface area contributed by atoms with Gasteiger partial charge >= 0.3 is 0 Å². The molecule has 0 aliphatic carbocycles. The van der Waals surface area contributed by atoms with E-state index < -0.39 is 6.04 Å². The van der Waals surface area contributed by atoms with Gasteiger partial charge in [-0.05, 0) is 19.1 Å². The zero-order valence-electron chi connectivity index (χ0n) is 12.1. The van der Waals surface area contributed by atoms with E-state index in [9.17, 15) is 9.59 Å². The summed E-state index contributed by atoms with van der Waals surface area (Å²) < 4.78 is 10.5. The zero-order valence-corrected chi connectivity index (χ0v) is 12.1. The Balaban J connectivity index is 1.74. The molecule has 0 aromatic heterocycles. The van der Waals surface area contributed by atoms with E-state index in [4.69, 9.17) is 9.47 Å². The van der Waals surface area contributed by atoms with Crippen molar-refractivity contribution < 1.29 is 19.1 Å². The second-order valence-corrected chi connectivity index (χ2v) is 4.83. The van der Waals surface area contributed by atoms with Gasteiger partial charge in [-0.1, -0.05) is 18.2 Å². The summed E-state index contributed by atoms with van der Waals surface area (Å²) in [4.78, 5) is 25.6. The van der Waals surface area contributed by atoms with Crippen molar-refractivity contribution >= 4 is 11.8 Å². The standard InChI is InChI=1S/C15H20N2O4/c1-12(15(19)17-7-9-20-10-8-17)16-14(18)11-21-13-5-3-2-4-6-13/h2-6,12H,7-11H2,1H3,(H,16,18). The number of rotatable bonds is 5. The van der Waals surface area contributed by atoms with E-state index in [-0.39, 0.29) is 18.4 Å². The van der Waals surface area contributed by atoms with Crippen LogP contribution in [0.5, 0.6) is 5.75 Å². The van der Waals surface area contributed by atoms with Crippen LogP contribution in [-0.4, -0.2) is 55.7 Å². The molecule has 114 valence electrons. The van der Waals surface area contributed by atoms with E-state index in [0.717, 1.165) is 0 Å². The predicted molar refractivity (Wildman–Crippen MR) is 76.9 cm³/mol. The summed E-state index contributed by atoms with van der Waals surface area (Å²) in [6.45, 7) is 3.80. The number of hydrogen-bond acceptors (Lipinski definition) is 4. The number of carbonyl (C=O) groups is 2. The van der Waals surface area contributed by atoms with Crippen LogP contribution < -0.4 is 10.1 Å². The fourth-order valence-corrected chi connectivity index (χ4v) is 2.07. The third-order valence-electron chi connectivity index (χ3n) is 3.18. The number of hydrogen-bond donors (Lipinski definition) is 1. The topological polar surface area (TPSA) is 67.9 Å². The fourth-order valence-electron chi connectivity index (χ4n) is 2.07. The summed E-state index contributed by atoms with van der Waals surface area (Å²) in [6, 6.07) is 8.52. The van der Waals surface area contributed by atoms with Crippen molar-refractivity contribution in [3.63, 3.8) is 0 Å². The highest BCUT2D eigenvalue weighted by molar-refractivity contribution is 5.87. The van der Waals surface area contributed by atoms with Gasteiger partial charge in [-0.3, -0.25) is 9.59 Å². The van der Waals surface area contributed by atoms with E-state index in [1.807, 2.05) is 18.2 Å². The van der Waals surface area contributed by atoms with Crippen molar-refractivity contribution in [1.29, 1.82) is 0 Å². The molecule has 1 unspecified atom stereocenters. The molecule has 6 heteroatoms. The lowest BCUT2D eigenvalue weighted by Gasteiger charge is -2.29. The van der Waals surface area contributed by atoms with Crippen molar-refractivity contribution in [1.82, 2.24) is 10.2 Å². The zero-order chi connectivity index (χ0) is 15.1. The minimum Gasteiger partial charge on any atom is -0.484 e. The third-order valence-corrected chi connectivity index (χ3v) is 3.18. The molecular formula is C15H20N2O4. The van der Waals surface area contributed by atoms with Gasteiger partial charge in [0, 0.05) is 13.1 Å². The van der Waals surface area contributed by atoms with Crippen molar-refractivity contribution in [2.45, 2.75) is 13.0 Å². The lowest BCUT2D eigenvalue weighted by molar-refractivity contribution is -0.139. The van der Waals surface area contributed by atoms with E-state index in [0.29, 0.717) is 32.1 Å². The number of ether oxygens (including phenoxy) is 2. The molecule has 1 N–H and O–H groups in total. The Morgan fingerprint density at radius 1 is 1.29 bits per heavy atom. The van der Waals surface area contributed by atoms with Crippen molar-refractivity contribution in [2.75, 3.05) is 32.9 Å². The largest absolute Gasteiger partial charge is 0.484 e. The Hall–Kier alpha value is -2.08. The monoisotopic (exact) mass is 292 g/mol. The summed E-state index contributed by atoms with van der Waals surface area (Å²) in [7, 11) is 0. The number of benzene rings is 1. The Bertz CT molecular complexity index is 472. The van der Waals surface area contributed by atoms with E-state index in [1.54, 1.807) is 24.0 Å². The first kappa shape index (κ1) is 15.3. The molecule has 2 amide bonds. The third kappa shape index (κ3) is 4.75. The average Bonchev–Trinajstić information content (AvgIpc) is 2.54. The van der Waals surface area contributed by atoms with Crippen LogP contribution in [0.2, 0.25) is 0 Å². The lowest BCUT2D eigenvalue weighted by atomic mass is 10.2. The Labute approximate surface area is 124 Å². The molecule has 6 nitrogen and oxygen atoms in total. The van der Waals surface area contributed by atoms with E-state index >= 15 is 0 Å². The molecule has 2 rings (SSSR count). The van der Waals surface area contributed by atoms with Gasteiger partial charge in [0.25, 0.3) is 5.91 Å². The quantitative estimate of drug-likeness (QED) is 0.854. The lowest BCUT2D eigenvalue weighted by Crippen LogP contribution is -2.51. The van der Waals surface area contributed by atoms with Crippen LogP contribution in [0.25, 0.3) is 0 Å². The molecule has 21 heavy (non-hydrogen) atoms. The van der Waals surface area contributed by atoms with E-state index in [1.165, 1.54) is 0 Å². The predicted octanol–water partition coefficient (Wildman–Crippen LogP) is 0.429. The first-order valence-electron chi connectivity index (χ1n) is 7.00. The molecule has 1 aliphatic rings. The number of para-hydroxylation sites is 1. The second kappa shape index (κ2) is 7.64. The second-order valence-electron chi connectivity index (χ2n) is 4.83. The summed E-state index contributed by atoms with van der Waals surface area (Å²) >= 11 is 0. The molecule has 1 aromatic rings. The maximum absolute atomic E-state index is 12.1. The summed E-state index contributed by atoms with van der Waals surface area (Å²) in [5.41, 5.74) is 0. The number of nitrogens with zero attached hydrogens (tertiary/aromatic N) is 1. The Morgan fingerprint density at radius 3 is 2.62 bits per heavy atom. The van der Waals surface area contributed by atoms with Crippen molar-refractivity contribution in [3.05, 3.63) is 30.3 Å². The molecule has 1 saturated heterocycles. The van der Waals surface area contributed by atoms with Crippen LogP contribution in [0.4, 0.5) is 0 Å². The molecule has 0 saturated carbocycles. The molecule has 0 bridgehead atoms. The summed E-state index contributed by atoms with van der Waals surface area (Å²) in [6.07, 6.45) is 0. The van der Waals surface area contributed by atoms with Crippen LogP contribution >= 0.6 is 0 Å². The molecule has 0 radical (unpaired) electrons. The minimum absolute atomic E-state index is 0.0913. The average molecular weight is 292 g/mol. The minimum atomic E-state index is -0.560. The molecule has 1 fully saturated rings. The van der Waals surface area contributed by atoms with Crippen LogP contribution in [0.3, 0.4) is 0 Å². The maximum atomic E-state index is 12.1.